The highest BCUT2D eigenvalue weighted by atomic mass is 19.4. The van der Waals surface area contributed by atoms with Gasteiger partial charge in [-0.05, 0) is 48.0 Å². The number of hydrogen-bond donors (Lipinski definition) is 1. The molecule has 0 aromatic heterocycles. The molecule has 0 heterocycles. The van der Waals surface area contributed by atoms with Crippen molar-refractivity contribution < 1.29 is 32.2 Å². The molecule has 0 spiro atoms. The number of amides is 1. The smallest absolute Gasteiger partial charge is 0.416 e. The minimum atomic E-state index is -4.38. The molecule has 28 heavy (non-hydrogen) atoms. The van der Waals surface area contributed by atoms with Crippen molar-refractivity contribution in [1.82, 2.24) is 5.32 Å². The van der Waals surface area contributed by atoms with Gasteiger partial charge in [0.2, 0.25) is 5.91 Å². The van der Waals surface area contributed by atoms with E-state index in [1.807, 2.05) is 0 Å². The number of carbonyl (C=O) groups is 1. The number of carbonyl (C=O) groups excluding carboxylic acids is 1. The van der Waals surface area contributed by atoms with Crippen LogP contribution in [0.15, 0.2) is 48.5 Å². The maximum Gasteiger partial charge on any atom is 0.416 e. The van der Waals surface area contributed by atoms with Gasteiger partial charge in [-0.25, -0.2) is 0 Å². The lowest BCUT2D eigenvalue weighted by molar-refractivity contribution is -0.137. The summed E-state index contributed by atoms with van der Waals surface area (Å²) in [5, 5.41) is 2.62. The summed E-state index contributed by atoms with van der Waals surface area (Å²) in [4.78, 5) is 11.9. The lowest BCUT2D eigenvalue weighted by Gasteiger charge is -2.09. The van der Waals surface area contributed by atoms with E-state index in [4.69, 9.17) is 14.2 Å². The first-order valence-corrected chi connectivity index (χ1v) is 8.31. The van der Waals surface area contributed by atoms with Gasteiger partial charge in [0.15, 0.2) is 0 Å². The number of hydrogen-bond acceptors (Lipinski definition) is 4. The van der Waals surface area contributed by atoms with Crippen molar-refractivity contribution in [2.24, 2.45) is 0 Å². The van der Waals surface area contributed by atoms with Crippen molar-refractivity contribution in [3.05, 3.63) is 59.7 Å². The summed E-state index contributed by atoms with van der Waals surface area (Å²) in [7, 11) is 3.07. The molecule has 2 aromatic carbocycles. The van der Waals surface area contributed by atoms with Crippen LogP contribution in [0.3, 0.4) is 0 Å². The molecule has 0 aliphatic rings. The molecule has 150 valence electrons. The minimum Gasteiger partial charge on any atom is -0.497 e. The van der Waals surface area contributed by atoms with E-state index in [-0.39, 0.29) is 19.1 Å². The zero-order chi connectivity index (χ0) is 20.6. The van der Waals surface area contributed by atoms with E-state index in [0.717, 1.165) is 17.7 Å². The molecule has 0 bridgehead atoms. The number of halogens is 3. The quantitative estimate of drug-likeness (QED) is 0.544. The van der Waals surface area contributed by atoms with E-state index in [2.05, 4.69) is 5.32 Å². The Balaban J connectivity index is 1.79. The third-order valence-corrected chi connectivity index (χ3v) is 3.65. The first kappa shape index (κ1) is 21.1. The first-order valence-electron chi connectivity index (χ1n) is 8.31. The van der Waals surface area contributed by atoms with Gasteiger partial charge in [0.05, 0.1) is 26.3 Å². The zero-order valence-corrected chi connectivity index (χ0v) is 15.4. The average molecular weight is 395 g/mol. The fourth-order valence-corrected chi connectivity index (χ4v) is 2.24. The summed E-state index contributed by atoms with van der Waals surface area (Å²) in [6.45, 7) is 0.323. The topological polar surface area (TPSA) is 56.8 Å². The Kier molecular flexibility index (Phi) is 7.31. The average Bonchev–Trinajstić information content (AvgIpc) is 2.69. The van der Waals surface area contributed by atoms with Crippen LogP contribution in [0.25, 0.3) is 6.08 Å². The maximum atomic E-state index is 12.5. The first-order chi connectivity index (χ1) is 13.3. The van der Waals surface area contributed by atoms with Crippen LogP contribution in [-0.4, -0.2) is 33.3 Å². The van der Waals surface area contributed by atoms with Gasteiger partial charge in [0.1, 0.15) is 23.9 Å². The molecule has 2 rings (SSSR count). The molecular weight excluding hydrogens is 375 g/mol. The Morgan fingerprint density at radius 1 is 1.00 bits per heavy atom. The molecule has 0 saturated heterocycles. The highest BCUT2D eigenvalue weighted by Gasteiger charge is 2.29. The molecule has 0 radical (unpaired) electrons. The van der Waals surface area contributed by atoms with Gasteiger partial charge in [-0.2, -0.15) is 13.2 Å². The van der Waals surface area contributed by atoms with Crippen LogP contribution in [0.4, 0.5) is 13.2 Å². The predicted octanol–water partition coefficient (Wildman–Crippen LogP) is 3.93. The van der Waals surface area contributed by atoms with Crippen molar-refractivity contribution in [1.29, 1.82) is 0 Å². The fourth-order valence-electron chi connectivity index (χ4n) is 2.24. The van der Waals surface area contributed by atoms with E-state index in [1.165, 1.54) is 32.4 Å². The van der Waals surface area contributed by atoms with Crippen molar-refractivity contribution in [3.63, 3.8) is 0 Å². The van der Waals surface area contributed by atoms with Gasteiger partial charge in [-0.3, -0.25) is 4.79 Å². The second-order valence-electron chi connectivity index (χ2n) is 5.64. The highest BCUT2D eigenvalue weighted by Crippen LogP contribution is 2.30. The Bertz CT molecular complexity index is 795. The molecule has 0 atom stereocenters. The van der Waals surface area contributed by atoms with Crippen molar-refractivity contribution >= 4 is 12.0 Å². The normalized spacial score (nSPS) is 11.3. The third kappa shape index (κ3) is 6.53. The lowest BCUT2D eigenvalue weighted by atomic mass is 10.2. The lowest BCUT2D eigenvalue weighted by Crippen LogP contribution is -2.26. The van der Waals surface area contributed by atoms with Gasteiger partial charge in [0, 0.05) is 12.1 Å². The van der Waals surface area contributed by atoms with E-state index in [9.17, 15) is 18.0 Å². The molecule has 0 aliphatic heterocycles. The van der Waals surface area contributed by atoms with Crippen LogP contribution in [0.1, 0.15) is 11.1 Å². The maximum absolute atomic E-state index is 12.5. The van der Waals surface area contributed by atoms with Crippen LogP contribution in [0.5, 0.6) is 17.2 Å². The molecule has 1 N–H and O–H groups in total. The Morgan fingerprint density at radius 3 is 2.14 bits per heavy atom. The Morgan fingerprint density at radius 2 is 1.61 bits per heavy atom. The van der Waals surface area contributed by atoms with Gasteiger partial charge in [-0.1, -0.05) is 0 Å². The summed E-state index contributed by atoms with van der Waals surface area (Å²) in [6, 6.07) is 9.58. The number of methoxy groups -OCH3 is 2. The Hall–Kier alpha value is -3.16. The monoisotopic (exact) mass is 395 g/mol. The van der Waals surface area contributed by atoms with Crippen molar-refractivity contribution in [2.45, 2.75) is 6.18 Å². The van der Waals surface area contributed by atoms with E-state index >= 15 is 0 Å². The van der Waals surface area contributed by atoms with Crippen LogP contribution >= 0.6 is 0 Å². The Labute approximate surface area is 160 Å². The van der Waals surface area contributed by atoms with Crippen LogP contribution in [0.2, 0.25) is 0 Å². The fraction of sp³-hybridized carbons (Fsp3) is 0.250. The van der Waals surface area contributed by atoms with Crippen LogP contribution in [-0.2, 0) is 11.0 Å². The SMILES string of the molecule is COc1cc(C=CC(=O)NCCOc2ccc(C(F)(F)F)cc2)cc(OC)c1. The third-order valence-electron chi connectivity index (χ3n) is 3.65. The summed E-state index contributed by atoms with van der Waals surface area (Å²) in [5.41, 5.74) is -0.0141. The minimum absolute atomic E-state index is 0.123. The van der Waals surface area contributed by atoms with Crippen molar-refractivity contribution in [2.75, 3.05) is 27.4 Å². The van der Waals surface area contributed by atoms with E-state index in [1.54, 1.807) is 24.3 Å². The standard InChI is InChI=1S/C20H20F3NO4/c1-26-17-11-14(12-18(13-17)27-2)3-8-19(25)24-9-10-28-16-6-4-15(5-7-16)20(21,22)23/h3-8,11-13H,9-10H2,1-2H3,(H,24,25). The summed E-state index contributed by atoms with van der Waals surface area (Å²) in [5.74, 6) is 1.16. The van der Waals surface area contributed by atoms with Crippen LogP contribution in [0, 0.1) is 0 Å². The second-order valence-corrected chi connectivity index (χ2v) is 5.64. The van der Waals surface area contributed by atoms with Crippen LogP contribution < -0.4 is 19.5 Å². The largest absolute Gasteiger partial charge is 0.497 e. The number of ether oxygens (including phenoxy) is 3. The van der Waals surface area contributed by atoms with Crippen molar-refractivity contribution in [3.8, 4) is 17.2 Å². The summed E-state index contributed by atoms with van der Waals surface area (Å²) < 4.78 is 53.1. The molecule has 1 amide bonds. The molecule has 0 unspecified atom stereocenters. The van der Waals surface area contributed by atoms with Gasteiger partial charge in [0.25, 0.3) is 0 Å². The number of alkyl halides is 3. The molecule has 2 aromatic rings. The number of benzene rings is 2. The molecule has 0 aliphatic carbocycles. The van der Waals surface area contributed by atoms with E-state index < -0.39 is 11.7 Å². The summed E-state index contributed by atoms with van der Waals surface area (Å²) in [6.07, 6.45) is -1.42. The zero-order valence-electron chi connectivity index (χ0n) is 15.4. The van der Waals surface area contributed by atoms with Gasteiger partial charge >= 0.3 is 6.18 Å². The highest BCUT2D eigenvalue weighted by molar-refractivity contribution is 5.91. The summed E-state index contributed by atoms with van der Waals surface area (Å²) >= 11 is 0. The number of rotatable bonds is 8. The van der Waals surface area contributed by atoms with Gasteiger partial charge < -0.3 is 19.5 Å². The predicted molar refractivity (Wildman–Crippen MR) is 98.5 cm³/mol. The second kappa shape index (κ2) is 9.68. The molecule has 5 nitrogen and oxygen atoms in total. The van der Waals surface area contributed by atoms with Gasteiger partial charge in [-0.15, -0.1) is 0 Å². The van der Waals surface area contributed by atoms with E-state index in [0.29, 0.717) is 17.2 Å². The molecular formula is C20H20F3NO4. The molecule has 0 saturated carbocycles. The molecule has 0 fully saturated rings. The number of nitrogens with one attached hydrogen (secondary N) is 1. The molecule has 8 heteroatoms.